The molecule has 0 fully saturated rings. The van der Waals surface area contributed by atoms with Gasteiger partial charge in [-0.3, -0.25) is 19.5 Å². The van der Waals surface area contributed by atoms with Gasteiger partial charge in [-0.15, -0.1) is 0 Å². The van der Waals surface area contributed by atoms with Gasteiger partial charge in [-0.25, -0.2) is 9.36 Å². The summed E-state index contributed by atoms with van der Waals surface area (Å²) < 4.78 is 38.9. The number of aromatic nitrogens is 2. The van der Waals surface area contributed by atoms with Gasteiger partial charge in [-0.05, 0) is 12.1 Å². The van der Waals surface area contributed by atoms with E-state index in [0.717, 1.165) is 31.3 Å². The Hall–Kier alpha value is -2.91. The topological polar surface area (TPSA) is 87.1 Å². The SMILES string of the molecule is Cn1c(C(F)(F)F)cc(=O)n(-c2ccc([N+](=O)[O-])cc2)c1=O. The average Bonchev–Trinajstić information content (AvgIpc) is 2.42. The van der Waals surface area contributed by atoms with E-state index in [2.05, 4.69) is 0 Å². The third-order valence-corrected chi connectivity index (χ3v) is 2.93. The smallest absolute Gasteiger partial charge is 0.292 e. The van der Waals surface area contributed by atoms with Crippen LogP contribution in [0.1, 0.15) is 5.69 Å². The quantitative estimate of drug-likeness (QED) is 0.620. The van der Waals surface area contributed by atoms with Crippen LogP contribution in [0.25, 0.3) is 5.69 Å². The van der Waals surface area contributed by atoms with Gasteiger partial charge in [0, 0.05) is 25.2 Å². The molecule has 0 spiro atoms. The van der Waals surface area contributed by atoms with Gasteiger partial charge in [0.25, 0.3) is 11.2 Å². The zero-order valence-corrected chi connectivity index (χ0v) is 11.0. The molecule has 0 atom stereocenters. The molecule has 10 heteroatoms. The molecule has 0 unspecified atom stereocenters. The number of rotatable bonds is 2. The number of benzene rings is 1. The first kappa shape index (κ1) is 15.5. The van der Waals surface area contributed by atoms with Crippen molar-refractivity contribution in [2.24, 2.45) is 7.05 Å². The highest BCUT2D eigenvalue weighted by atomic mass is 19.4. The van der Waals surface area contributed by atoms with Gasteiger partial charge < -0.3 is 0 Å². The van der Waals surface area contributed by atoms with Gasteiger partial charge in [0.15, 0.2) is 0 Å². The van der Waals surface area contributed by atoms with Gasteiger partial charge in [0.1, 0.15) is 5.69 Å². The molecule has 0 aliphatic carbocycles. The number of nitrogens with zero attached hydrogens (tertiary/aromatic N) is 3. The molecular weight excluding hydrogens is 307 g/mol. The van der Waals surface area contributed by atoms with Crippen LogP contribution in [0.5, 0.6) is 0 Å². The fourth-order valence-electron chi connectivity index (χ4n) is 1.86. The summed E-state index contributed by atoms with van der Waals surface area (Å²) in [7, 11) is 0.881. The number of non-ortho nitro benzene ring substituents is 1. The molecule has 0 bridgehead atoms. The molecule has 0 N–H and O–H groups in total. The normalized spacial score (nSPS) is 11.5. The van der Waals surface area contributed by atoms with Crippen molar-refractivity contribution >= 4 is 5.69 Å². The summed E-state index contributed by atoms with van der Waals surface area (Å²) in [6, 6.07) is 4.59. The Morgan fingerprint density at radius 3 is 2.14 bits per heavy atom. The number of nitro benzene ring substituents is 1. The summed E-state index contributed by atoms with van der Waals surface area (Å²) in [6.07, 6.45) is -4.85. The van der Waals surface area contributed by atoms with Crippen LogP contribution in [0.3, 0.4) is 0 Å². The first-order chi connectivity index (χ1) is 10.1. The van der Waals surface area contributed by atoms with E-state index in [1.54, 1.807) is 0 Å². The van der Waals surface area contributed by atoms with E-state index in [1.807, 2.05) is 0 Å². The van der Waals surface area contributed by atoms with Crippen LogP contribution in [-0.4, -0.2) is 14.1 Å². The number of alkyl halides is 3. The van der Waals surface area contributed by atoms with Crippen LogP contribution in [-0.2, 0) is 13.2 Å². The summed E-state index contributed by atoms with van der Waals surface area (Å²) in [5.41, 5.74) is -4.09. The first-order valence-corrected chi connectivity index (χ1v) is 5.78. The van der Waals surface area contributed by atoms with E-state index >= 15 is 0 Å². The van der Waals surface area contributed by atoms with Crippen molar-refractivity contribution in [1.29, 1.82) is 0 Å². The minimum absolute atomic E-state index is 0.0649. The maximum atomic E-state index is 12.7. The van der Waals surface area contributed by atoms with Crippen molar-refractivity contribution in [3.8, 4) is 5.69 Å². The highest BCUT2D eigenvalue weighted by Crippen LogP contribution is 2.27. The molecule has 7 nitrogen and oxygen atoms in total. The summed E-state index contributed by atoms with van der Waals surface area (Å²) in [5, 5.41) is 10.5. The third-order valence-electron chi connectivity index (χ3n) is 2.93. The van der Waals surface area contributed by atoms with Crippen LogP contribution < -0.4 is 11.2 Å². The summed E-state index contributed by atoms with van der Waals surface area (Å²) in [6.45, 7) is 0. The van der Waals surface area contributed by atoms with Gasteiger partial charge >= 0.3 is 11.9 Å². The standard InChI is InChI=1S/C12H8F3N3O4/c1-16-9(12(13,14)15)6-10(19)17(11(16)20)7-2-4-8(5-3-7)18(21)22/h2-6H,1H3. The number of hydrogen-bond acceptors (Lipinski definition) is 4. The Morgan fingerprint density at radius 2 is 1.68 bits per heavy atom. The molecule has 22 heavy (non-hydrogen) atoms. The zero-order chi connectivity index (χ0) is 16.7. The van der Waals surface area contributed by atoms with Crippen molar-refractivity contribution in [2.75, 3.05) is 0 Å². The number of hydrogen-bond donors (Lipinski definition) is 0. The maximum Gasteiger partial charge on any atom is 0.431 e. The van der Waals surface area contributed by atoms with E-state index in [9.17, 15) is 32.9 Å². The summed E-state index contributed by atoms with van der Waals surface area (Å²) in [4.78, 5) is 33.6. The molecule has 116 valence electrons. The first-order valence-electron chi connectivity index (χ1n) is 5.78. The summed E-state index contributed by atoms with van der Waals surface area (Å²) >= 11 is 0. The molecule has 0 amide bonds. The fourth-order valence-corrected chi connectivity index (χ4v) is 1.86. The lowest BCUT2D eigenvalue weighted by molar-refractivity contribution is -0.384. The molecule has 1 heterocycles. The lowest BCUT2D eigenvalue weighted by Crippen LogP contribution is -2.40. The minimum Gasteiger partial charge on any atom is -0.292 e. The van der Waals surface area contributed by atoms with Gasteiger partial charge in [0.05, 0.1) is 10.6 Å². The Bertz CT molecular complexity index is 850. The molecule has 1 aromatic carbocycles. The second-order valence-electron chi connectivity index (χ2n) is 4.32. The second-order valence-corrected chi connectivity index (χ2v) is 4.32. The van der Waals surface area contributed by atoms with E-state index in [0.29, 0.717) is 15.2 Å². The van der Waals surface area contributed by atoms with Gasteiger partial charge in [0.2, 0.25) is 0 Å². The monoisotopic (exact) mass is 315 g/mol. The second kappa shape index (κ2) is 5.13. The molecule has 0 saturated carbocycles. The van der Waals surface area contributed by atoms with Crippen molar-refractivity contribution in [1.82, 2.24) is 9.13 Å². The van der Waals surface area contributed by atoms with E-state index in [4.69, 9.17) is 0 Å². The number of nitro groups is 1. The van der Waals surface area contributed by atoms with Crippen molar-refractivity contribution in [3.05, 3.63) is 67.0 Å². The molecule has 2 rings (SSSR count). The lowest BCUT2D eigenvalue weighted by Gasteiger charge is -2.13. The number of halogens is 3. The molecule has 1 aromatic heterocycles. The van der Waals surface area contributed by atoms with Crippen LogP contribution in [0, 0.1) is 10.1 Å². The van der Waals surface area contributed by atoms with Gasteiger partial charge in [-0.2, -0.15) is 13.2 Å². The largest absolute Gasteiger partial charge is 0.431 e. The molecule has 0 aliphatic heterocycles. The predicted octanol–water partition coefficient (Wildman–Crippen LogP) is 1.46. The molecule has 0 aliphatic rings. The highest BCUT2D eigenvalue weighted by Gasteiger charge is 2.35. The molecule has 0 saturated heterocycles. The van der Waals surface area contributed by atoms with Crippen LogP contribution in [0.15, 0.2) is 39.9 Å². The van der Waals surface area contributed by atoms with Crippen molar-refractivity contribution in [3.63, 3.8) is 0 Å². The molecular formula is C12H8F3N3O4. The third kappa shape index (κ3) is 2.62. The van der Waals surface area contributed by atoms with Crippen LogP contribution >= 0.6 is 0 Å². The minimum atomic E-state index is -4.85. The highest BCUT2D eigenvalue weighted by molar-refractivity contribution is 5.40. The van der Waals surface area contributed by atoms with E-state index in [-0.39, 0.29) is 11.4 Å². The van der Waals surface area contributed by atoms with Crippen LogP contribution in [0.2, 0.25) is 0 Å². The van der Waals surface area contributed by atoms with E-state index in [1.165, 1.54) is 0 Å². The maximum absolute atomic E-state index is 12.7. The predicted molar refractivity (Wildman–Crippen MR) is 68.9 cm³/mol. The van der Waals surface area contributed by atoms with Crippen molar-refractivity contribution in [2.45, 2.75) is 6.18 Å². The van der Waals surface area contributed by atoms with Crippen LogP contribution in [0.4, 0.5) is 18.9 Å². The Kier molecular flexibility index (Phi) is 3.61. The lowest BCUT2D eigenvalue weighted by atomic mass is 10.2. The Morgan fingerprint density at radius 1 is 1.14 bits per heavy atom. The Labute approximate surface area is 120 Å². The zero-order valence-electron chi connectivity index (χ0n) is 11.0. The van der Waals surface area contributed by atoms with Crippen molar-refractivity contribution < 1.29 is 18.1 Å². The van der Waals surface area contributed by atoms with Gasteiger partial charge in [-0.1, -0.05) is 0 Å². The Balaban J connectivity index is 2.68. The molecule has 2 aromatic rings. The summed E-state index contributed by atoms with van der Waals surface area (Å²) in [5.74, 6) is 0. The average molecular weight is 315 g/mol. The fraction of sp³-hybridized carbons (Fsp3) is 0.167. The molecule has 0 radical (unpaired) electrons. The van der Waals surface area contributed by atoms with E-state index < -0.39 is 28.0 Å².